The van der Waals surface area contributed by atoms with Crippen LogP contribution in [-0.2, 0) is 9.53 Å². The fraction of sp³-hybridized carbons (Fsp3) is 0.462. The smallest absolute Gasteiger partial charge is 0.457 e. The van der Waals surface area contributed by atoms with Crippen molar-refractivity contribution < 1.29 is 27.1 Å². The number of esters is 1. The van der Waals surface area contributed by atoms with E-state index in [9.17, 15) is 18.0 Å². The molecule has 2 aromatic rings. The summed E-state index contributed by atoms with van der Waals surface area (Å²) in [5.74, 6) is -2.22. The van der Waals surface area contributed by atoms with Crippen LogP contribution < -0.4 is 10.2 Å². The first-order chi connectivity index (χ1) is 11.3. The van der Waals surface area contributed by atoms with Crippen molar-refractivity contribution in [3.63, 3.8) is 0 Å². The molecule has 3 rings (SSSR count). The molecule has 3 heterocycles. The van der Waals surface area contributed by atoms with E-state index in [1.54, 1.807) is 17.0 Å². The minimum Gasteiger partial charge on any atom is -0.457 e. The Hall–Kier alpha value is -2.07. The predicted octanol–water partition coefficient (Wildman–Crippen LogP) is 1.76. The van der Waals surface area contributed by atoms with Gasteiger partial charge >= 0.3 is 12.1 Å². The number of carbonyl (C=O) groups is 1. The van der Waals surface area contributed by atoms with E-state index in [0.29, 0.717) is 30.9 Å². The van der Waals surface area contributed by atoms with Gasteiger partial charge in [-0.1, -0.05) is 11.6 Å². The Morgan fingerprint density at radius 1 is 1.46 bits per heavy atom. The van der Waals surface area contributed by atoms with Gasteiger partial charge in [-0.15, -0.1) is 0 Å². The van der Waals surface area contributed by atoms with Crippen molar-refractivity contribution in [1.29, 1.82) is 0 Å². The molecule has 0 bridgehead atoms. The number of oxazole rings is 1. The quantitative estimate of drug-likeness (QED) is 0.656. The molecule has 1 saturated heterocycles. The second-order valence-corrected chi connectivity index (χ2v) is 5.49. The lowest BCUT2D eigenvalue weighted by Crippen LogP contribution is -2.54. The summed E-state index contributed by atoms with van der Waals surface area (Å²) in [5, 5.41) is 3.27. The Balaban J connectivity index is 1.77. The van der Waals surface area contributed by atoms with Gasteiger partial charge in [0.05, 0.1) is 6.04 Å². The van der Waals surface area contributed by atoms with E-state index < -0.39 is 24.8 Å². The van der Waals surface area contributed by atoms with E-state index in [0.717, 1.165) is 0 Å². The Bertz CT molecular complexity index is 752. The molecule has 11 heteroatoms. The summed E-state index contributed by atoms with van der Waals surface area (Å²) in [6, 6.07) is 2.78. The molecule has 0 spiro atoms. The van der Waals surface area contributed by atoms with Gasteiger partial charge in [0.2, 0.25) is 5.65 Å². The van der Waals surface area contributed by atoms with E-state index in [4.69, 9.17) is 16.0 Å². The van der Waals surface area contributed by atoms with Crippen molar-refractivity contribution in [3.05, 3.63) is 17.3 Å². The average Bonchev–Trinajstić information content (AvgIpc) is 2.94. The number of alkyl halides is 3. The molecule has 1 fully saturated rings. The highest BCUT2D eigenvalue weighted by molar-refractivity contribution is 6.29. The molecule has 0 aliphatic carbocycles. The second kappa shape index (κ2) is 6.44. The molecule has 0 aromatic carbocycles. The summed E-state index contributed by atoms with van der Waals surface area (Å²) in [6.07, 6.45) is -5.02. The average molecular weight is 365 g/mol. The van der Waals surface area contributed by atoms with Crippen LogP contribution in [0.5, 0.6) is 0 Å². The molecule has 130 valence electrons. The van der Waals surface area contributed by atoms with E-state index >= 15 is 0 Å². The number of anilines is 1. The third-order valence-corrected chi connectivity index (χ3v) is 3.65. The molecular weight excluding hydrogens is 353 g/mol. The third kappa shape index (κ3) is 3.54. The maximum atomic E-state index is 12.2. The number of pyridine rings is 1. The van der Waals surface area contributed by atoms with Crippen LogP contribution in [0.2, 0.25) is 5.15 Å². The largest absolute Gasteiger partial charge is 0.490 e. The number of ether oxygens (including phenoxy) is 1. The number of halogens is 4. The number of nitrogens with one attached hydrogen (secondary N) is 1. The first-order valence-corrected chi connectivity index (χ1v) is 7.37. The number of piperazine rings is 1. The van der Waals surface area contributed by atoms with Gasteiger partial charge in [0.25, 0.3) is 6.01 Å². The Morgan fingerprint density at radius 2 is 2.25 bits per heavy atom. The number of nitrogens with zero attached hydrogens (tertiary/aromatic N) is 3. The summed E-state index contributed by atoms with van der Waals surface area (Å²) in [4.78, 5) is 20.7. The zero-order valence-corrected chi connectivity index (χ0v) is 12.9. The fourth-order valence-electron chi connectivity index (χ4n) is 2.32. The Morgan fingerprint density at radius 3 is 3.00 bits per heavy atom. The second-order valence-electron chi connectivity index (χ2n) is 5.10. The van der Waals surface area contributed by atoms with Crippen LogP contribution in [0.1, 0.15) is 0 Å². The zero-order valence-electron chi connectivity index (χ0n) is 12.1. The summed E-state index contributed by atoms with van der Waals surface area (Å²) in [7, 11) is 0. The van der Waals surface area contributed by atoms with Crippen molar-refractivity contribution in [2.75, 3.05) is 31.1 Å². The van der Waals surface area contributed by atoms with Crippen molar-refractivity contribution in [1.82, 2.24) is 15.3 Å². The van der Waals surface area contributed by atoms with Gasteiger partial charge in [0, 0.05) is 19.6 Å². The number of rotatable bonds is 3. The highest BCUT2D eigenvalue weighted by atomic mass is 35.5. The number of carbonyl (C=O) groups excluding carboxylic acids is 1. The summed E-state index contributed by atoms with van der Waals surface area (Å²) in [5.41, 5.74) is 0.695. The molecule has 0 radical (unpaired) electrons. The normalized spacial score (nSPS) is 18.8. The maximum Gasteiger partial charge on any atom is 0.490 e. The Labute approximate surface area is 138 Å². The molecule has 0 amide bonds. The molecule has 24 heavy (non-hydrogen) atoms. The van der Waals surface area contributed by atoms with Gasteiger partial charge in [-0.05, 0) is 12.1 Å². The van der Waals surface area contributed by atoms with Gasteiger partial charge in [-0.3, -0.25) is 0 Å². The van der Waals surface area contributed by atoms with E-state index in [1.165, 1.54) is 0 Å². The fourth-order valence-corrected chi connectivity index (χ4v) is 2.47. The monoisotopic (exact) mass is 364 g/mol. The predicted molar refractivity (Wildman–Crippen MR) is 77.8 cm³/mol. The number of hydrogen-bond donors (Lipinski definition) is 1. The highest BCUT2D eigenvalue weighted by Crippen LogP contribution is 2.25. The minimum absolute atomic E-state index is 0.189. The summed E-state index contributed by atoms with van der Waals surface area (Å²) < 4.78 is 46.6. The van der Waals surface area contributed by atoms with Crippen LogP contribution in [0.15, 0.2) is 16.5 Å². The minimum atomic E-state index is -5.02. The standard InChI is InChI=1S/C13H12ClF3N4O3/c14-9-2-1-8-10(19-9)20-12(24-8)21-4-3-18-5-7(21)6-23-11(22)13(15,16)17/h1-2,7,18H,3-6H2. The molecule has 1 aliphatic heterocycles. The lowest BCUT2D eigenvalue weighted by molar-refractivity contribution is -0.200. The summed E-state index contributed by atoms with van der Waals surface area (Å²) in [6.45, 7) is 0.877. The van der Waals surface area contributed by atoms with Gasteiger partial charge in [-0.2, -0.15) is 18.2 Å². The molecule has 7 nitrogen and oxygen atoms in total. The van der Waals surface area contributed by atoms with Crippen molar-refractivity contribution >= 4 is 34.8 Å². The molecule has 2 aromatic heterocycles. The lowest BCUT2D eigenvalue weighted by atomic mass is 10.2. The molecule has 1 unspecified atom stereocenters. The topological polar surface area (TPSA) is 80.5 Å². The van der Waals surface area contributed by atoms with Gasteiger partial charge in [0.1, 0.15) is 11.8 Å². The molecule has 0 saturated carbocycles. The van der Waals surface area contributed by atoms with Gasteiger partial charge in [0.15, 0.2) is 5.58 Å². The van der Waals surface area contributed by atoms with Crippen LogP contribution >= 0.6 is 11.6 Å². The first kappa shape index (κ1) is 16.8. The molecule has 1 N–H and O–H groups in total. The highest BCUT2D eigenvalue weighted by Gasteiger charge is 2.41. The van der Waals surface area contributed by atoms with Crippen LogP contribution in [-0.4, -0.2) is 54.4 Å². The SMILES string of the molecule is O=C(OCC1CNCCN1c1nc2nc(Cl)ccc2o1)C(F)(F)F. The van der Waals surface area contributed by atoms with Crippen molar-refractivity contribution in [3.8, 4) is 0 Å². The third-order valence-electron chi connectivity index (χ3n) is 3.44. The van der Waals surface area contributed by atoms with Crippen LogP contribution in [0.3, 0.4) is 0 Å². The number of aromatic nitrogens is 2. The summed E-state index contributed by atoms with van der Waals surface area (Å²) >= 11 is 5.79. The zero-order chi connectivity index (χ0) is 17.3. The molecule has 1 aliphatic rings. The van der Waals surface area contributed by atoms with E-state index in [-0.39, 0.29) is 11.2 Å². The van der Waals surface area contributed by atoms with Crippen LogP contribution in [0.25, 0.3) is 11.2 Å². The lowest BCUT2D eigenvalue weighted by Gasteiger charge is -2.34. The van der Waals surface area contributed by atoms with Crippen LogP contribution in [0, 0.1) is 0 Å². The first-order valence-electron chi connectivity index (χ1n) is 6.99. The van der Waals surface area contributed by atoms with Gasteiger partial charge in [-0.25, -0.2) is 9.78 Å². The van der Waals surface area contributed by atoms with Gasteiger partial charge < -0.3 is 19.4 Å². The van der Waals surface area contributed by atoms with Crippen molar-refractivity contribution in [2.45, 2.75) is 12.2 Å². The van der Waals surface area contributed by atoms with Crippen molar-refractivity contribution in [2.24, 2.45) is 0 Å². The number of hydrogen-bond acceptors (Lipinski definition) is 7. The maximum absolute atomic E-state index is 12.2. The number of fused-ring (bicyclic) bond motifs is 1. The van der Waals surface area contributed by atoms with Crippen LogP contribution in [0.4, 0.5) is 19.2 Å². The molecular formula is C13H12ClF3N4O3. The van der Waals surface area contributed by atoms with E-state index in [1.807, 2.05) is 0 Å². The molecule has 1 atom stereocenters. The Kier molecular flexibility index (Phi) is 4.50. The van der Waals surface area contributed by atoms with E-state index in [2.05, 4.69) is 20.0 Å².